The second-order valence-corrected chi connectivity index (χ2v) is 11.5. The highest BCUT2D eigenvalue weighted by Crippen LogP contribution is 2.51. The van der Waals surface area contributed by atoms with Crippen LogP contribution in [0.2, 0.25) is 0 Å². The fourth-order valence-electron chi connectivity index (χ4n) is 4.79. The Kier molecular flexibility index (Phi) is 6.58. The summed E-state index contributed by atoms with van der Waals surface area (Å²) in [6.07, 6.45) is 7.44. The summed E-state index contributed by atoms with van der Waals surface area (Å²) in [7, 11) is -3.61. The molecule has 1 aromatic heterocycles. The summed E-state index contributed by atoms with van der Waals surface area (Å²) in [6.45, 7) is 1.21. The average molecular weight is 545 g/mol. The quantitative estimate of drug-likeness (QED) is 0.288. The summed E-state index contributed by atoms with van der Waals surface area (Å²) in [5.74, 6) is 1.31. The number of rotatable bonds is 10. The molecule has 0 atom stereocenters. The molecule has 0 radical (unpaired) electrons. The number of aromatic nitrogens is 2. The standard InChI is InChI=1S/C29H28N4O5S/c34-28(29(11-12-29)23-7-10-26-27(18-23)38-20-37-26)32-24-4-1-3-22(17-24)21-5-8-25(9-6-21)39(35,36)31-13-2-15-33-16-14-30-19-33/h1,3-10,14,16-19,31H,2,11-13,15,20H2,(H,32,34). The lowest BCUT2D eigenvalue weighted by Gasteiger charge is -2.17. The van der Waals surface area contributed by atoms with Crippen molar-refractivity contribution in [2.24, 2.45) is 0 Å². The maximum atomic E-state index is 13.3. The van der Waals surface area contributed by atoms with Crippen molar-refractivity contribution in [3.8, 4) is 22.6 Å². The predicted molar refractivity (Wildman–Crippen MR) is 146 cm³/mol. The van der Waals surface area contributed by atoms with Crippen molar-refractivity contribution in [2.45, 2.75) is 36.1 Å². The summed E-state index contributed by atoms with van der Waals surface area (Å²) in [6, 6.07) is 20.0. The number of sulfonamides is 1. The number of hydrogen-bond acceptors (Lipinski definition) is 6. The maximum Gasteiger partial charge on any atom is 0.240 e. The number of benzene rings is 3. The minimum Gasteiger partial charge on any atom is -0.454 e. The van der Waals surface area contributed by atoms with Gasteiger partial charge in [-0.25, -0.2) is 18.1 Å². The van der Waals surface area contributed by atoms with Crippen LogP contribution in [0.4, 0.5) is 5.69 Å². The summed E-state index contributed by atoms with van der Waals surface area (Å²) in [5, 5.41) is 3.07. The SMILES string of the molecule is O=C(Nc1cccc(-c2ccc(S(=O)(=O)NCCCn3ccnc3)cc2)c1)C1(c2ccc3c(c2)OCO3)CC1. The lowest BCUT2D eigenvalue weighted by molar-refractivity contribution is -0.118. The molecule has 2 heterocycles. The summed E-state index contributed by atoms with van der Waals surface area (Å²) >= 11 is 0. The Morgan fingerprint density at radius 3 is 2.56 bits per heavy atom. The molecule has 6 rings (SSSR count). The molecule has 4 aromatic rings. The van der Waals surface area contributed by atoms with Gasteiger partial charge >= 0.3 is 0 Å². The third kappa shape index (κ3) is 5.25. The molecule has 1 amide bonds. The number of anilines is 1. The van der Waals surface area contributed by atoms with E-state index >= 15 is 0 Å². The zero-order chi connectivity index (χ0) is 26.9. The number of nitrogens with zero attached hydrogens (tertiary/aromatic N) is 2. The number of fused-ring (bicyclic) bond motifs is 1. The van der Waals surface area contributed by atoms with Gasteiger partial charge in [0.1, 0.15) is 0 Å². The largest absolute Gasteiger partial charge is 0.454 e. The number of hydrogen-bond donors (Lipinski definition) is 2. The van der Waals surface area contributed by atoms with Crippen molar-refractivity contribution in [3.05, 3.63) is 91.0 Å². The van der Waals surface area contributed by atoms with E-state index in [1.54, 1.807) is 36.8 Å². The van der Waals surface area contributed by atoms with Crippen LogP contribution < -0.4 is 19.5 Å². The van der Waals surface area contributed by atoms with Gasteiger partial charge in [0.2, 0.25) is 22.7 Å². The Morgan fingerprint density at radius 1 is 0.974 bits per heavy atom. The summed E-state index contributed by atoms with van der Waals surface area (Å²) < 4.78 is 40.9. The highest BCUT2D eigenvalue weighted by atomic mass is 32.2. The molecule has 39 heavy (non-hydrogen) atoms. The first-order chi connectivity index (χ1) is 18.9. The number of carbonyl (C=O) groups is 1. The van der Waals surface area contributed by atoms with Crippen LogP contribution in [0.5, 0.6) is 11.5 Å². The second kappa shape index (κ2) is 10.2. The van der Waals surface area contributed by atoms with Gasteiger partial charge in [-0.1, -0.05) is 30.3 Å². The topological polar surface area (TPSA) is 112 Å². The molecule has 0 bridgehead atoms. The van der Waals surface area contributed by atoms with Crippen LogP contribution >= 0.6 is 0 Å². The molecule has 1 aliphatic heterocycles. The number of ether oxygens (including phenoxy) is 2. The van der Waals surface area contributed by atoms with Crippen molar-refractivity contribution in [3.63, 3.8) is 0 Å². The van der Waals surface area contributed by atoms with E-state index in [9.17, 15) is 13.2 Å². The number of amides is 1. The third-order valence-corrected chi connectivity index (χ3v) is 8.65. The van der Waals surface area contributed by atoms with E-state index in [-0.39, 0.29) is 17.6 Å². The first-order valence-corrected chi connectivity index (χ1v) is 14.3. The monoisotopic (exact) mass is 544 g/mol. The van der Waals surface area contributed by atoms with Crippen molar-refractivity contribution < 1.29 is 22.7 Å². The van der Waals surface area contributed by atoms with Crippen LogP contribution in [0.15, 0.2) is 90.3 Å². The van der Waals surface area contributed by atoms with E-state index in [4.69, 9.17) is 9.47 Å². The van der Waals surface area contributed by atoms with E-state index in [1.807, 2.05) is 53.2 Å². The minimum atomic E-state index is -3.61. The van der Waals surface area contributed by atoms with Crippen molar-refractivity contribution in [2.75, 3.05) is 18.7 Å². The fourth-order valence-corrected chi connectivity index (χ4v) is 5.86. The Labute approximate surface area is 226 Å². The van der Waals surface area contributed by atoms with Gasteiger partial charge in [0, 0.05) is 31.2 Å². The minimum absolute atomic E-state index is 0.0564. The molecular weight excluding hydrogens is 516 g/mol. The highest BCUT2D eigenvalue weighted by Gasteiger charge is 2.51. The van der Waals surface area contributed by atoms with Crippen LogP contribution in [0.1, 0.15) is 24.8 Å². The van der Waals surface area contributed by atoms with Gasteiger partial charge in [0.15, 0.2) is 11.5 Å². The number of aryl methyl sites for hydroxylation is 1. The first-order valence-electron chi connectivity index (χ1n) is 12.8. The molecule has 1 saturated carbocycles. The zero-order valence-electron chi connectivity index (χ0n) is 21.2. The van der Waals surface area contributed by atoms with Crippen LogP contribution in [0.3, 0.4) is 0 Å². The molecule has 1 fully saturated rings. The molecule has 0 saturated heterocycles. The highest BCUT2D eigenvalue weighted by molar-refractivity contribution is 7.89. The Morgan fingerprint density at radius 2 is 1.79 bits per heavy atom. The molecule has 2 aliphatic rings. The second-order valence-electron chi connectivity index (χ2n) is 9.76. The molecule has 200 valence electrons. The third-order valence-electron chi connectivity index (χ3n) is 7.17. The summed E-state index contributed by atoms with van der Waals surface area (Å²) in [4.78, 5) is 17.5. The molecular formula is C29H28N4O5S. The number of imidazole rings is 1. The molecule has 10 heteroatoms. The lowest BCUT2D eigenvalue weighted by Crippen LogP contribution is -2.27. The van der Waals surface area contributed by atoms with E-state index in [1.165, 1.54) is 0 Å². The fraction of sp³-hybridized carbons (Fsp3) is 0.241. The average Bonchev–Trinajstić information content (AvgIpc) is 3.35. The van der Waals surface area contributed by atoms with Gasteiger partial charge in [-0.3, -0.25) is 4.79 Å². The van der Waals surface area contributed by atoms with Gasteiger partial charge < -0.3 is 19.4 Å². The zero-order valence-corrected chi connectivity index (χ0v) is 22.0. The van der Waals surface area contributed by atoms with Crippen LogP contribution in [0, 0.1) is 0 Å². The van der Waals surface area contributed by atoms with E-state index in [0.29, 0.717) is 36.7 Å². The Bertz CT molecular complexity index is 1600. The number of carbonyl (C=O) groups excluding carboxylic acids is 1. The van der Waals surface area contributed by atoms with Crippen LogP contribution in [0.25, 0.3) is 11.1 Å². The van der Waals surface area contributed by atoms with E-state index < -0.39 is 15.4 Å². The van der Waals surface area contributed by atoms with Gasteiger partial charge in [-0.15, -0.1) is 0 Å². The van der Waals surface area contributed by atoms with E-state index in [2.05, 4.69) is 15.0 Å². The lowest BCUT2D eigenvalue weighted by atomic mass is 9.94. The van der Waals surface area contributed by atoms with Crippen molar-refractivity contribution in [1.82, 2.24) is 14.3 Å². The molecule has 1 aliphatic carbocycles. The normalized spacial score (nSPS) is 15.2. The molecule has 2 N–H and O–H groups in total. The molecule has 9 nitrogen and oxygen atoms in total. The van der Waals surface area contributed by atoms with E-state index in [0.717, 1.165) is 29.5 Å². The number of nitrogens with one attached hydrogen (secondary N) is 2. The van der Waals surface area contributed by atoms with Crippen molar-refractivity contribution in [1.29, 1.82) is 0 Å². The van der Waals surface area contributed by atoms with Gasteiger partial charge in [-0.2, -0.15) is 0 Å². The predicted octanol–water partition coefficient (Wildman–Crippen LogP) is 4.32. The van der Waals surface area contributed by atoms with Crippen LogP contribution in [-0.2, 0) is 26.8 Å². The molecule has 0 unspecified atom stereocenters. The van der Waals surface area contributed by atoms with Crippen molar-refractivity contribution >= 4 is 21.6 Å². The maximum absolute atomic E-state index is 13.3. The van der Waals surface area contributed by atoms with Crippen LogP contribution in [-0.4, -0.2) is 37.2 Å². The Balaban J connectivity index is 1.10. The van der Waals surface area contributed by atoms with Gasteiger partial charge in [-0.05, 0) is 72.4 Å². The first kappa shape index (κ1) is 25.1. The molecule has 0 spiro atoms. The Hall–Kier alpha value is -4.15. The molecule has 3 aromatic carbocycles. The summed E-state index contributed by atoms with van der Waals surface area (Å²) in [5.41, 5.74) is 2.76. The van der Waals surface area contributed by atoms with Gasteiger partial charge in [0.05, 0.1) is 16.6 Å². The van der Waals surface area contributed by atoms with Gasteiger partial charge in [0.25, 0.3) is 0 Å². The smallest absolute Gasteiger partial charge is 0.240 e.